The molecule has 0 amide bonds. The second kappa shape index (κ2) is 6.03. The van der Waals surface area contributed by atoms with Crippen LogP contribution in [0.4, 0.5) is 5.82 Å². The van der Waals surface area contributed by atoms with E-state index in [0.717, 1.165) is 21.8 Å². The van der Waals surface area contributed by atoms with E-state index < -0.39 is 0 Å². The van der Waals surface area contributed by atoms with E-state index in [0.29, 0.717) is 11.7 Å². The van der Waals surface area contributed by atoms with Gasteiger partial charge in [-0.2, -0.15) is 0 Å². The average Bonchev–Trinajstić information content (AvgIpc) is 2.94. The number of fused-ring (bicyclic) bond motifs is 1. The molecule has 2 aromatic heterocycles. The van der Waals surface area contributed by atoms with Crippen LogP contribution in [0.15, 0.2) is 40.6 Å². The summed E-state index contributed by atoms with van der Waals surface area (Å²) in [4.78, 5) is 11.1. The minimum Gasteiger partial charge on any atom is -0.383 e. The van der Waals surface area contributed by atoms with Crippen LogP contribution in [-0.4, -0.2) is 9.97 Å². The largest absolute Gasteiger partial charge is 0.383 e. The number of rotatable bonds is 4. The quantitative estimate of drug-likeness (QED) is 0.710. The summed E-state index contributed by atoms with van der Waals surface area (Å²) in [5.41, 5.74) is 7.33. The molecule has 0 aliphatic heterocycles. The third-order valence-electron chi connectivity index (χ3n) is 3.32. The fourth-order valence-electron chi connectivity index (χ4n) is 2.09. The van der Waals surface area contributed by atoms with Crippen LogP contribution in [0, 0.1) is 0 Å². The van der Waals surface area contributed by atoms with Gasteiger partial charge < -0.3 is 5.73 Å². The number of benzene rings is 1. The third-order valence-corrected chi connectivity index (χ3v) is 5.13. The van der Waals surface area contributed by atoms with Gasteiger partial charge in [-0.1, -0.05) is 26.0 Å². The van der Waals surface area contributed by atoms with Crippen molar-refractivity contribution in [2.24, 2.45) is 0 Å². The summed E-state index contributed by atoms with van der Waals surface area (Å²) in [5, 5.41) is 2.95. The predicted octanol–water partition coefficient (Wildman–Crippen LogP) is 4.69. The maximum absolute atomic E-state index is 5.97. The molecule has 5 heteroatoms. The first-order chi connectivity index (χ1) is 10.1. The minimum atomic E-state index is 0.563. The molecule has 0 radical (unpaired) electrons. The van der Waals surface area contributed by atoms with E-state index in [1.165, 1.54) is 10.5 Å². The van der Waals surface area contributed by atoms with Crippen molar-refractivity contribution in [3.8, 4) is 0 Å². The molecule has 0 aliphatic rings. The molecule has 0 atom stereocenters. The first kappa shape index (κ1) is 14.4. The predicted molar refractivity (Wildman–Crippen MR) is 91.9 cm³/mol. The van der Waals surface area contributed by atoms with Gasteiger partial charge in [0, 0.05) is 4.90 Å². The van der Waals surface area contributed by atoms with E-state index in [4.69, 9.17) is 5.73 Å². The number of anilines is 1. The monoisotopic (exact) mass is 315 g/mol. The molecule has 0 fully saturated rings. The molecule has 2 heterocycles. The number of aromatic nitrogens is 2. The Hall–Kier alpha value is -1.59. The Morgan fingerprint density at radius 3 is 2.62 bits per heavy atom. The summed E-state index contributed by atoms with van der Waals surface area (Å²) < 4.78 is 0. The summed E-state index contributed by atoms with van der Waals surface area (Å²) in [6.07, 6.45) is 0. The number of hydrogen-bond donors (Lipinski definition) is 1. The van der Waals surface area contributed by atoms with Crippen molar-refractivity contribution < 1.29 is 0 Å². The molecule has 21 heavy (non-hydrogen) atoms. The number of thioether (sulfide) groups is 1. The zero-order valence-corrected chi connectivity index (χ0v) is 13.7. The molecule has 0 saturated carbocycles. The number of thiophene rings is 1. The molecular formula is C16H17N3S2. The normalized spacial score (nSPS) is 11.4. The Kier molecular flexibility index (Phi) is 4.12. The van der Waals surface area contributed by atoms with Crippen LogP contribution in [0.1, 0.15) is 31.2 Å². The average molecular weight is 315 g/mol. The molecule has 3 aromatic rings. The van der Waals surface area contributed by atoms with Crippen molar-refractivity contribution in [1.82, 2.24) is 9.97 Å². The minimum absolute atomic E-state index is 0.563. The molecule has 0 unspecified atom stereocenters. The van der Waals surface area contributed by atoms with E-state index in [9.17, 15) is 0 Å². The lowest BCUT2D eigenvalue weighted by Gasteiger charge is -2.07. The highest BCUT2D eigenvalue weighted by Crippen LogP contribution is 2.27. The van der Waals surface area contributed by atoms with Crippen molar-refractivity contribution in [1.29, 1.82) is 0 Å². The number of hydrogen-bond acceptors (Lipinski definition) is 5. The summed E-state index contributed by atoms with van der Waals surface area (Å²) in [6.45, 7) is 4.41. The SMILES string of the molecule is CC(C)c1ccc(SCc2nc(N)c3ccsc3n2)cc1. The maximum atomic E-state index is 5.97. The van der Waals surface area contributed by atoms with E-state index in [1.807, 2.05) is 11.4 Å². The molecule has 0 bridgehead atoms. The fourth-order valence-corrected chi connectivity index (χ4v) is 3.63. The Morgan fingerprint density at radius 1 is 1.14 bits per heavy atom. The molecular weight excluding hydrogens is 298 g/mol. The van der Waals surface area contributed by atoms with Gasteiger partial charge in [0.1, 0.15) is 16.5 Å². The lowest BCUT2D eigenvalue weighted by atomic mass is 10.0. The summed E-state index contributed by atoms with van der Waals surface area (Å²) in [5.74, 6) is 2.67. The summed E-state index contributed by atoms with van der Waals surface area (Å²) >= 11 is 3.34. The molecule has 0 aliphatic carbocycles. The van der Waals surface area contributed by atoms with E-state index in [1.54, 1.807) is 23.1 Å². The first-order valence-electron chi connectivity index (χ1n) is 6.86. The van der Waals surface area contributed by atoms with Crippen molar-refractivity contribution in [2.75, 3.05) is 5.73 Å². The topological polar surface area (TPSA) is 51.8 Å². The van der Waals surface area contributed by atoms with Gasteiger partial charge in [0.05, 0.1) is 11.1 Å². The van der Waals surface area contributed by atoms with E-state index >= 15 is 0 Å². The van der Waals surface area contributed by atoms with Gasteiger partial charge in [0.25, 0.3) is 0 Å². The summed E-state index contributed by atoms with van der Waals surface area (Å²) in [7, 11) is 0. The molecule has 1 aromatic carbocycles. The van der Waals surface area contributed by atoms with Gasteiger partial charge in [0.15, 0.2) is 0 Å². The summed E-state index contributed by atoms with van der Waals surface area (Å²) in [6, 6.07) is 10.7. The molecule has 0 saturated heterocycles. The Bertz CT molecular complexity index is 748. The maximum Gasteiger partial charge on any atom is 0.142 e. The highest BCUT2D eigenvalue weighted by molar-refractivity contribution is 7.98. The molecule has 3 nitrogen and oxygen atoms in total. The lowest BCUT2D eigenvalue weighted by Crippen LogP contribution is -1.98. The fraction of sp³-hybridized carbons (Fsp3) is 0.250. The molecule has 0 spiro atoms. The standard InChI is InChI=1S/C16H17N3S2/c1-10(2)11-3-5-12(6-4-11)21-9-14-18-15(17)13-7-8-20-16(13)19-14/h3-8,10H,9H2,1-2H3,(H2,17,18,19). The van der Waals surface area contributed by atoms with Crippen LogP contribution >= 0.6 is 23.1 Å². The van der Waals surface area contributed by atoms with Crippen LogP contribution in [-0.2, 0) is 5.75 Å². The van der Waals surface area contributed by atoms with Gasteiger partial charge >= 0.3 is 0 Å². The van der Waals surface area contributed by atoms with Crippen LogP contribution in [0.2, 0.25) is 0 Å². The Balaban J connectivity index is 1.73. The van der Waals surface area contributed by atoms with E-state index in [-0.39, 0.29) is 0 Å². The number of nitrogen functional groups attached to an aromatic ring is 1. The van der Waals surface area contributed by atoms with Crippen LogP contribution in [0.3, 0.4) is 0 Å². The number of nitrogens with two attached hydrogens (primary N) is 1. The van der Waals surface area contributed by atoms with Gasteiger partial charge in [-0.05, 0) is 35.1 Å². The second-order valence-corrected chi connectivity index (χ2v) is 7.12. The first-order valence-corrected chi connectivity index (χ1v) is 8.72. The lowest BCUT2D eigenvalue weighted by molar-refractivity contribution is 0.865. The smallest absolute Gasteiger partial charge is 0.142 e. The zero-order chi connectivity index (χ0) is 14.8. The highest BCUT2D eigenvalue weighted by Gasteiger charge is 2.07. The zero-order valence-electron chi connectivity index (χ0n) is 12.0. The molecule has 3 rings (SSSR count). The van der Waals surface area contributed by atoms with Crippen molar-refractivity contribution in [2.45, 2.75) is 30.4 Å². The third kappa shape index (κ3) is 3.19. The van der Waals surface area contributed by atoms with Crippen LogP contribution in [0.5, 0.6) is 0 Å². The van der Waals surface area contributed by atoms with Crippen molar-refractivity contribution in [3.63, 3.8) is 0 Å². The van der Waals surface area contributed by atoms with Gasteiger partial charge in [-0.15, -0.1) is 23.1 Å². The number of nitrogens with zero attached hydrogens (tertiary/aromatic N) is 2. The second-order valence-electron chi connectivity index (χ2n) is 5.18. The molecule has 2 N–H and O–H groups in total. The van der Waals surface area contributed by atoms with Gasteiger partial charge in [-0.3, -0.25) is 0 Å². The van der Waals surface area contributed by atoms with Crippen molar-refractivity contribution >= 4 is 39.1 Å². The van der Waals surface area contributed by atoms with Crippen LogP contribution in [0.25, 0.3) is 10.2 Å². The van der Waals surface area contributed by atoms with Gasteiger partial charge in [-0.25, -0.2) is 9.97 Å². The Morgan fingerprint density at radius 2 is 1.90 bits per heavy atom. The Labute approximate surface area is 132 Å². The van der Waals surface area contributed by atoms with Gasteiger partial charge in [0.2, 0.25) is 0 Å². The molecule has 108 valence electrons. The van der Waals surface area contributed by atoms with Crippen LogP contribution < -0.4 is 5.73 Å². The van der Waals surface area contributed by atoms with Crippen molar-refractivity contribution in [3.05, 3.63) is 47.1 Å². The highest BCUT2D eigenvalue weighted by atomic mass is 32.2. The van der Waals surface area contributed by atoms with E-state index in [2.05, 4.69) is 48.1 Å².